The normalized spacial score (nSPS) is 17.4. The minimum atomic E-state index is 0.567. The summed E-state index contributed by atoms with van der Waals surface area (Å²) in [6.07, 6.45) is 2.42. The van der Waals surface area contributed by atoms with Crippen molar-refractivity contribution < 1.29 is 4.74 Å². The topological polar surface area (TPSA) is 24.5 Å². The van der Waals surface area contributed by atoms with Crippen molar-refractivity contribution in [2.45, 2.75) is 32.7 Å². The molecule has 0 atom stereocenters. The summed E-state index contributed by atoms with van der Waals surface area (Å²) in [4.78, 5) is 2.57. The van der Waals surface area contributed by atoms with Gasteiger partial charge in [0.15, 0.2) is 0 Å². The van der Waals surface area contributed by atoms with E-state index in [4.69, 9.17) is 4.74 Å². The van der Waals surface area contributed by atoms with Crippen molar-refractivity contribution in [3.05, 3.63) is 22.7 Å². The molecule has 0 saturated carbocycles. The van der Waals surface area contributed by atoms with Crippen LogP contribution in [0.15, 0.2) is 22.7 Å². The molecule has 4 heteroatoms. The molecule has 2 rings (SSSR count). The number of halogens is 1. The fourth-order valence-corrected chi connectivity index (χ4v) is 3.25. The fourth-order valence-electron chi connectivity index (χ4n) is 2.78. The van der Waals surface area contributed by atoms with Crippen LogP contribution in [0.1, 0.15) is 26.7 Å². The van der Waals surface area contributed by atoms with E-state index in [1.54, 1.807) is 7.11 Å². The number of nitrogens with zero attached hydrogens (tertiary/aromatic N) is 1. The number of ether oxygens (including phenoxy) is 1. The van der Waals surface area contributed by atoms with Gasteiger partial charge in [-0.15, -0.1) is 0 Å². The van der Waals surface area contributed by atoms with Crippen LogP contribution in [0.25, 0.3) is 0 Å². The summed E-state index contributed by atoms with van der Waals surface area (Å²) < 4.78 is 6.36. The van der Waals surface area contributed by atoms with Gasteiger partial charge in [0.05, 0.1) is 7.11 Å². The predicted octanol–water partition coefficient (Wildman–Crippen LogP) is 3.99. The highest BCUT2D eigenvalue weighted by molar-refractivity contribution is 9.10. The van der Waals surface area contributed by atoms with E-state index in [-0.39, 0.29) is 0 Å². The van der Waals surface area contributed by atoms with E-state index < -0.39 is 0 Å². The lowest BCUT2D eigenvalue weighted by Gasteiger charge is -2.33. The molecular weight excluding hydrogens is 316 g/mol. The zero-order valence-electron chi connectivity index (χ0n) is 12.7. The number of hydrogen-bond acceptors (Lipinski definition) is 3. The maximum atomic E-state index is 5.31. The van der Waals surface area contributed by atoms with Crippen molar-refractivity contribution in [1.29, 1.82) is 0 Å². The molecule has 1 aromatic carbocycles. The van der Waals surface area contributed by atoms with Gasteiger partial charge in [-0.25, -0.2) is 0 Å². The second-order valence-corrected chi connectivity index (χ2v) is 6.91. The second kappa shape index (κ2) is 7.32. The van der Waals surface area contributed by atoms with E-state index in [1.807, 2.05) is 6.07 Å². The number of rotatable bonds is 5. The largest absolute Gasteiger partial charge is 0.497 e. The first-order valence-corrected chi connectivity index (χ1v) is 8.19. The zero-order chi connectivity index (χ0) is 14.5. The lowest BCUT2D eigenvalue weighted by molar-refractivity contribution is 0.198. The van der Waals surface area contributed by atoms with Gasteiger partial charge >= 0.3 is 0 Å². The number of benzene rings is 1. The molecule has 0 unspecified atom stereocenters. The lowest BCUT2D eigenvalue weighted by atomic mass is 10.0. The molecule has 1 saturated heterocycles. The number of hydrogen-bond donors (Lipinski definition) is 1. The molecule has 1 aliphatic heterocycles. The monoisotopic (exact) mass is 340 g/mol. The number of anilines is 1. The number of nitrogens with one attached hydrogen (secondary N) is 1. The Kier molecular flexibility index (Phi) is 5.73. The summed E-state index contributed by atoms with van der Waals surface area (Å²) in [5.41, 5.74) is 1.14. The summed E-state index contributed by atoms with van der Waals surface area (Å²) in [7, 11) is 1.70. The molecule has 0 amide bonds. The Labute approximate surface area is 130 Å². The van der Waals surface area contributed by atoms with Gasteiger partial charge in [0.25, 0.3) is 0 Å². The van der Waals surface area contributed by atoms with Crippen LogP contribution in [0.5, 0.6) is 5.75 Å². The van der Waals surface area contributed by atoms with Crippen LogP contribution >= 0.6 is 15.9 Å². The van der Waals surface area contributed by atoms with E-state index in [0.29, 0.717) is 6.04 Å². The van der Waals surface area contributed by atoms with Crippen molar-refractivity contribution in [3.8, 4) is 5.75 Å². The molecule has 0 aliphatic carbocycles. The van der Waals surface area contributed by atoms with E-state index in [1.165, 1.54) is 32.5 Å². The van der Waals surface area contributed by atoms with Crippen LogP contribution in [0.2, 0.25) is 0 Å². The maximum absolute atomic E-state index is 5.31. The standard InChI is InChI=1S/C16H25BrN2O/c1-12(2)11-19-6-4-14(5-7-19)18-15-8-13(17)9-16(10-15)20-3/h8-10,12,14,18H,4-7,11H2,1-3H3. The maximum Gasteiger partial charge on any atom is 0.122 e. The minimum Gasteiger partial charge on any atom is -0.497 e. The summed E-state index contributed by atoms with van der Waals surface area (Å²) in [5.74, 6) is 1.65. The van der Waals surface area contributed by atoms with Gasteiger partial charge in [-0.2, -0.15) is 0 Å². The van der Waals surface area contributed by atoms with Gasteiger partial charge in [0.1, 0.15) is 5.75 Å². The van der Waals surface area contributed by atoms with Crippen LogP contribution in [0, 0.1) is 5.92 Å². The lowest BCUT2D eigenvalue weighted by Crippen LogP contribution is -2.40. The number of piperidine rings is 1. The average molecular weight is 341 g/mol. The Hall–Kier alpha value is -0.740. The van der Waals surface area contributed by atoms with Crippen molar-refractivity contribution >= 4 is 21.6 Å². The first-order valence-electron chi connectivity index (χ1n) is 7.40. The summed E-state index contributed by atoms with van der Waals surface area (Å²) in [6, 6.07) is 6.72. The smallest absolute Gasteiger partial charge is 0.122 e. The van der Waals surface area contributed by atoms with E-state index >= 15 is 0 Å². The molecule has 1 aromatic rings. The van der Waals surface area contributed by atoms with Gasteiger partial charge in [-0.3, -0.25) is 0 Å². The van der Waals surface area contributed by atoms with Crippen LogP contribution in [0.3, 0.4) is 0 Å². The van der Waals surface area contributed by atoms with Crippen LogP contribution in [0.4, 0.5) is 5.69 Å². The molecule has 0 spiro atoms. The third-order valence-corrected chi connectivity index (χ3v) is 4.15. The van der Waals surface area contributed by atoms with Crippen molar-refractivity contribution in [2.24, 2.45) is 5.92 Å². The molecule has 1 fully saturated rings. The van der Waals surface area contributed by atoms with Gasteiger partial charge in [0, 0.05) is 41.9 Å². The Morgan fingerprint density at radius 3 is 2.60 bits per heavy atom. The molecule has 20 heavy (non-hydrogen) atoms. The molecule has 0 radical (unpaired) electrons. The summed E-state index contributed by atoms with van der Waals surface area (Å²) >= 11 is 3.53. The third kappa shape index (κ3) is 4.67. The summed E-state index contributed by atoms with van der Waals surface area (Å²) in [5, 5.41) is 3.63. The molecule has 1 N–H and O–H groups in total. The molecule has 0 bridgehead atoms. The molecular formula is C16H25BrN2O. The predicted molar refractivity (Wildman–Crippen MR) is 88.6 cm³/mol. The third-order valence-electron chi connectivity index (χ3n) is 3.69. The van der Waals surface area contributed by atoms with Crippen LogP contribution in [-0.4, -0.2) is 37.7 Å². The molecule has 112 valence electrons. The molecule has 1 heterocycles. The van der Waals surface area contributed by atoms with Crippen molar-refractivity contribution in [3.63, 3.8) is 0 Å². The first-order chi connectivity index (χ1) is 9.56. The molecule has 1 aliphatic rings. The highest BCUT2D eigenvalue weighted by atomic mass is 79.9. The first kappa shape index (κ1) is 15.6. The average Bonchev–Trinajstić information content (AvgIpc) is 2.39. The minimum absolute atomic E-state index is 0.567. The fraction of sp³-hybridized carbons (Fsp3) is 0.625. The van der Waals surface area contributed by atoms with Gasteiger partial charge < -0.3 is 15.0 Å². The Morgan fingerprint density at radius 1 is 1.30 bits per heavy atom. The Morgan fingerprint density at radius 2 is 2.00 bits per heavy atom. The van der Waals surface area contributed by atoms with E-state index in [9.17, 15) is 0 Å². The van der Waals surface area contributed by atoms with E-state index in [0.717, 1.165) is 21.8 Å². The van der Waals surface area contributed by atoms with E-state index in [2.05, 4.69) is 52.1 Å². The zero-order valence-corrected chi connectivity index (χ0v) is 14.2. The Balaban J connectivity index is 1.87. The van der Waals surface area contributed by atoms with Gasteiger partial charge in [-0.1, -0.05) is 29.8 Å². The quantitative estimate of drug-likeness (QED) is 0.876. The van der Waals surface area contributed by atoms with Gasteiger partial charge in [-0.05, 0) is 30.9 Å². The SMILES string of the molecule is COc1cc(Br)cc(NC2CCN(CC(C)C)CC2)c1. The summed E-state index contributed by atoms with van der Waals surface area (Å²) in [6.45, 7) is 8.19. The molecule has 0 aromatic heterocycles. The van der Waals surface area contributed by atoms with Crippen LogP contribution in [-0.2, 0) is 0 Å². The van der Waals surface area contributed by atoms with Crippen molar-refractivity contribution in [2.75, 3.05) is 32.1 Å². The van der Waals surface area contributed by atoms with Gasteiger partial charge in [0.2, 0.25) is 0 Å². The highest BCUT2D eigenvalue weighted by Gasteiger charge is 2.19. The molecule has 3 nitrogen and oxygen atoms in total. The highest BCUT2D eigenvalue weighted by Crippen LogP contribution is 2.26. The Bertz CT molecular complexity index is 428. The number of methoxy groups -OCH3 is 1. The second-order valence-electron chi connectivity index (χ2n) is 5.99. The van der Waals surface area contributed by atoms with Crippen molar-refractivity contribution in [1.82, 2.24) is 4.90 Å². The number of likely N-dealkylation sites (tertiary alicyclic amines) is 1. The van der Waals surface area contributed by atoms with Crippen LogP contribution < -0.4 is 10.1 Å².